The number of carbonyl (C=O) groups is 1. The Morgan fingerprint density at radius 2 is 1.89 bits per heavy atom. The number of aromatic nitrogens is 7. The third-order valence-corrected chi connectivity index (χ3v) is 6.30. The molecule has 5 aromatic rings. The number of hydrogen-bond acceptors (Lipinski definition) is 6. The average molecular weight is 517 g/mol. The van der Waals surface area contributed by atoms with Crippen molar-refractivity contribution in [2.24, 2.45) is 0 Å². The van der Waals surface area contributed by atoms with E-state index < -0.39 is 23.1 Å². The third kappa shape index (κ3) is 5.01. The highest BCUT2D eigenvalue weighted by Crippen LogP contribution is 2.29. The van der Waals surface area contributed by atoms with E-state index in [1.54, 1.807) is 42.5 Å². The summed E-state index contributed by atoms with van der Waals surface area (Å²) in [6.45, 7) is 2.41. The summed E-state index contributed by atoms with van der Waals surface area (Å²) in [5, 5.41) is 8.91. The molecule has 4 N–H and O–H groups in total. The lowest BCUT2D eigenvalue weighted by molar-refractivity contribution is 0.101. The quantitative estimate of drug-likeness (QED) is 0.236. The van der Waals surface area contributed by atoms with Gasteiger partial charge >= 0.3 is 5.69 Å². The molecule has 5 rings (SSSR count). The number of halogens is 1. The first-order valence-electron chi connectivity index (χ1n) is 12.2. The highest BCUT2D eigenvalue weighted by atomic mass is 19.1. The summed E-state index contributed by atoms with van der Waals surface area (Å²) in [5.41, 5.74) is 1.12. The minimum absolute atomic E-state index is 0.0770. The Bertz CT molecular complexity index is 1690. The van der Waals surface area contributed by atoms with Gasteiger partial charge in [-0.1, -0.05) is 43.7 Å². The number of nitrogens with zero attached hydrogens (tertiary/aromatic N) is 4. The number of aryl methyl sites for hydroxylation is 1. The molecule has 0 saturated carbocycles. The van der Waals surface area contributed by atoms with E-state index in [1.807, 2.05) is 6.92 Å². The van der Waals surface area contributed by atoms with Crippen LogP contribution in [0, 0.1) is 5.82 Å². The highest BCUT2D eigenvalue weighted by Gasteiger charge is 2.23. The number of hydrogen-bond donors (Lipinski definition) is 4. The van der Waals surface area contributed by atoms with E-state index >= 15 is 0 Å². The van der Waals surface area contributed by atoms with Crippen LogP contribution in [0.15, 0.2) is 64.4 Å². The standard InChI is InChI=1S/C26H25FN8O3/c1-2-3-12-35-23-20(24(36)33-26(35)38)31-21(32-23)18(13-16-6-4-5-7-19(16)27)15-8-10-17(11-9-15)30-25(37)22-28-14-29-34-22/h4-11,14,18H,2-3,12-13H2,1H3,(H,30,37)(H,31,32)(H,28,29,34)(H,33,36,38). The molecule has 0 aliphatic rings. The maximum atomic E-state index is 14.7. The molecule has 38 heavy (non-hydrogen) atoms. The number of aromatic amines is 3. The van der Waals surface area contributed by atoms with Crippen molar-refractivity contribution in [3.05, 3.63) is 104 Å². The summed E-state index contributed by atoms with van der Waals surface area (Å²) in [6.07, 6.45) is 3.08. The van der Waals surface area contributed by atoms with Gasteiger partial charge in [0, 0.05) is 18.2 Å². The van der Waals surface area contributed by atoms with Gasteiger partial charge in [-0.25, -0.2) is 19.2 Å². The summed E-state index contributed by atoms with van der Waals surface area (Å²) in [5.74, 6) is -0.786. The number of amides is 1. The Labute approximate surface area is 215 Å². The molecular formula is C26H25FN8O3. The largest absolute Gasteiger partial charge is 0.336 e. The smallest absolute Gasteiger partial charge is 0.330 e. The summed E-state index contributed by atoms with van der Waals surface area (Å²) >= 11 is 0. The van der Waals surface area contributed by atoms with Crippen molar-refractivity contribution >= 4 is 22.8 Å². The van der Waals surface area contributed by atoms with E-state index in [1.165, 1.54) is 17.0 Å². The number of H-pyrrole nitrogens is 3. The van der Waals surface area contributed by atoms with Gasteiger partial charge in [0.15, 0.2) is 5.65 Å². The highest BCUT2D eigenvalue weighted by molar-refractivity contribution is 6.01. The Kier molecular flexibility index (Phi) is 6.94. The fraction of sp³-hybridized carbons (Fsp3) is 0.231. The van der Waals surface area contributed by atoms with Gasteiger partial charge in [-0.2, -0.15) is 5.10 Å². The van der Waals surface area contributed by atoms with E-state index in [-0.39, 0.29) is 29.2 Å². The molecule has 1 unspecified atom stereocenters. The van der Waals surface area contributed by atoms with Crippen molar-refractivity contribution in [3.8, 4) is 0 Å². The summed E-state index contributed by atoms with van der Waals surface area (Å²) in [6, 6.07) is 13.5. The fourth-order valence-electron chi connectivity index (χ4n) is 4.31. The van der Waals surface area contributed by atoms with Crippen LogP contribution in [0.3, 0.4) is 0 Å². The maximum absolute atomic E-state index is 14.7. The Morgan fingerprint density at radius 1 is 1.11 bits per heavy atom. The molecule has 0 aliphatic heterocycles. The second kappa shape index (κ2) is 10.6. The number of anilines is 1. The second-order valence-electron chi connectivity index (χ2n) is 8.84. The number of carbonyl (C=O) groups excluding carboxylic acids is 1. The van der Waals surface area contributed by atoms with Gasteiger partial charge in [0.05, 0.1) is 0 Å². The molecule has 0 aliphatic carbocycles. The first-order chi connectivity index (χ1) is 18.4. The van der Waals surface area contributed by atoms with Crippen LogP contribution in [0.2, 0.25) is 0 Å². The van der Waals surface area contributed by atoms with Crippen LogP contribution in [-0.4, -0.2) is 40.6 Å². The van der Waals surface area contributed by atoms with Gasteiger partial charge in [-0.3, -0.25) is 24.2 Å². The lowest BCUT2D eigenvalue weighted by Gasteiger charge is -2.16. The third-order valence-electron chi connectivity index (χ3n) is 6.30. The molecule has 1 atom stereocenters. The van der Waals surface area contributed by atoms with Crippen LogP contribution in [0.5, 0.6) is 0 Å². The maximum Gasteiger partial charge on any atom is 0.330 e. The molecule has 0 bridgehead atoms. The van der Waals surface area contributed by atoms with E-state index in [4.69, 9.17) is 0 Å². The van der Waals surface area contributed by atoms with Gasteiger partial charge in [0.2, 0.25) is 5.82 Å². The van der Waals surface area contributed by atoms with Crippen LogP contribution in [0.4, 0.5) is 10.1 Å². The molecule has 0 spiro atoms. The molecule has 2 aromatic carbocycles. The predicted octanol–water partition coefficient (Wildman–Crippen LogP) is 3.10. The molecule has 194 valence electrons. The van der Waals surface area contributed by atoms with Crippen LogP contribution in [-0.2, 0) is 13.0 Å². The van der Waals surface area contributed by atoms with Gasteiger partial charge in [-0.15, -0.1) is 0 Å². The summed E-state index contributed by atoms with van der Waals surface area (Å²) in [4.78, 5) is 51.4. The van der Waals surface area contributed by atoms with Gasteiger partial charge in [-0.05, 0) is 42.2 Å². The number of nitrogens with one attached hydrogen (secondary N) is 4. The van der Waals surface area contributed by atoms with Gasteiger partial charge in [0.25, 0.3) is 11.5 Å². The number of rotatable bonds is 9. The van der Waals surface area contributed by atoms with E-state index in [0.29, 0.717) is 23.6 Å². The first kappa shape index (κ1) is 24.8. The molecule has 0 saturated heterocycles. The Hall–Kier alpha value is -4.87. The Balaban J connectivity index is 1.54. The van der Waals surface area contributed by atoms with Gasteiger partial charge in [0.1, 0.15) is 23.5 Å². The molecule has 12 heteroatoms. The van der Waals surface area contributed by atoms with Crippen molar-refractivity contribution in [2.45, 2.75) is 38.6 Å². The van der Waals surface area contributed by atoms with Crippen molar-refractivity contribution in [3.63, 3.8) is 0 Å². The molecule has 0 fully saturated rings. The van der Waals surface area contributed by atoms with Gasteiger partial charge < -0.3 is 10.3 Å². The molecular weight excluding hydrogens is 491 g/mol. The summed E-state index contributed by atoms with van der Waals surface area (Å²) < 4.78 is 16.1. The molecule has 3 aromatic heterocycles. The van der Waals surface area contributed by atoms with E-state index in [9.17, 15) is 18.8 Å². The lowest BCUT2D eigenvalue weighted by atomic mass is 9.91. The van der Waals surface area contributed by atoms with Crippen molar-refractivity contribution in [2.75, 3.05) is 5.32 Å². The average Bonchev–Trinajstić information content (AvgIpc) is 3.60. The predicted molar refractivity (Wildman–Crippen MR) is 139 cm³/mol. The minimum atomic E-state index is -0.563. The number of benzene rings is 2. The molecule has 3 heterocycles. The van der Waals surface area contributed by atoms with Crippen LogP contribution >= 0.6 is 0 Å². The zero-order valence-corrected chi connectivity index (χ0v) is 20.5. The summed E-state index contributed by atoms with van der Waals surface area (Å²) in [7, 11) is 0. The van der Waals surface area contributed by atoms with Crippen LogP contribution in [0.25, 0.3) is 11.2 Å². The lowest BCUT2D eigenvalue weighted by Crippen LogP contribution is -2.30. The minimum Gasteiger partial charge on any atom is -0.336 e. The second-order valence-corrected chi connectivity index (χ2v) is 8.84. The first-order valence-corrected chi connectivity index (χ1v) is 12.2. The number of unbranched alkanes of at least 4 members (excludes halogenated alkanes) is 1. The van der Waals surface area contributed by atoms with E-state index in [0.717, 1.165) is 18.4 Å². The number of imidazole rings is 1. The molecule has 11 nitrogen and oxygen atoms in total. The van der Waals surface area contributed by atoms with Crippen molar-refractivity contribution in [1.29, 1.82) is 0 Å². The monoisotopic (exact) mass is 516 g/mol. The normalized spacial score (nSPS) is 12.1. The zero-order valence-electron chi connectivity index (χ0n) is 20.5. The van der Waals surface area contributed by atoms with Crippen molar-refractivity contribution in [1.82, 2.24) is 34.7 Å². The molecule has 0 radical (unpaired) electrons. The van der Waals surface area contributed by atoms with E-state index in [2.05, 4.69) is 35.5 Å². The SMILES string of the molecule is CCCCn1c(=O)[nH]c(=O)c2[nH]c(C(Cc3ccccc3F)c3ccc(NC(=O)c4ncn[nH]4)cc3)nc21. The topological polar surface area (TPSA) is 154 Å². The zero-order chi connectivity index (χ0) is 26.6. The van der Waals surface area contributed by atoms with Crippen molar-refractivity contribution < 1.29 is 9.18 Å². The molecule has 1 amide bonds. The number of fused-ring (bicyclic) bond motifs is 1. The van der Waals surface area contributed by atoms with Crippen LogP contribution < -0.4 is 16.6 Å². The fourth-order valence-corrected chi connectivity index (χ4v) is 4.31. The van der Waals surface area contributed by atoms with Crippen LogP contribution in [0.1, 0.15) is 53.3 Å². The Morgan fingerprint density at radius 3 is 2.61 bits per heavy atom.